The molecule has 1 aliphatic rings. The van der Waals surface area contributed by atoms with E-state index in [1.807, 2.05) is 36.4 Å². The van der Waals surface area contributed by atoms with Gasteiger partial charge in [0.2, 0.25) is 5.78 Å². The van der Waals surface area contributed by atoms with E-state index in [0.29, 0.717) is 11.4 Å². The third kappa shape index (κ3) is 5.56. The summed E-state index contributed by atoms with van der Waals surface area (Å²) in [6, 6.07) is 20.4. The number of hydrogen-bond donors (Lipinski definition) is 0. The minimum atomic E-state index is -2.92. The molecule has 252 valence electrons. The highest BCUT2D eigenvalue weighted by molar-refractivity contribution is 6.99. The van der Waals surface area contributed by atoms with Crippen LogP contribution < -0.4 is 10.4 Å². The largest absolute Gasteiger partial charge is 0.465 e. The molecule has 0 saturated heterocycles. The molecule has 5 rings (SSSR count). The number of fused-ring (bicyclic) bond motifs is 2. The minimum absolute atomic E-state index is 0.00130. The van der Waals surface area contributed by atoms with Gasteiger partial charge in [-0.3, -0.25) is 9.59 Å². The SMILES string of the molecule is COC(=O)c1c2c(n(CCO[Si](c3ccccc3)(c3ccccc3)C(C)(C)C)c1C)C(=O)c1c(c(C(=O)OC(C)(C)C)c(C)n1C)C2=O. The van der Waals surface area contributed by atoms with Gasteiger partial charge < -0.3 is 23.0 Å². The lowest BCUT2D eigenvalue weighted by molar-refractivity contribution is 0.00669. The number of aromatic nitrogens is 2. The third-order valence-corrected chi connectivity index (χ3v) is 14.2. The van der Waals surface area contributed by atoms with E-state index in [0.717, 1.165) is 10.4 Å². The zero-order valence-electron chi connectivity index (χ0n) is 29.4. The van der Waals surface area contributed by atoms with Crippen LogP contribution in [0.4, 0.5) is 0 Å². The zero-order valence-corrected chi connectivity index (χ0v) is 30.4. The van der Waals surface area contributed by atoms with E-state index in [1.54, 1.807) is 50.8 Å². The molecule has 0 aliphatic heterocycles. The number of ether oxygens (including phenoxy) is 2. The lowest BCUT2D eigenvalue weighted by Crippen LogP contribution is -2.66. The van der Waals surface area contributed by atoms with E-state index in [9.17, 15) is 19.2 Å². The Labute approximate surface area is 282 Å². The van der Waals surface area contributed by atoms with Crippen molar-refractivity contribution in [1.29, 1.82) is 0 Å². The average molecular weight is 669 g/mol. The predicted molar refractivity (Wildman–Crippen MR) is 186 cm³/mol. The Hall–Kier alpha value is -4.54. The van der Waals surface area contributed by atoms with Crippen molar-refractivity contribution in [3.8, 4) is 0 Å². The summed E-state index contributed by atoms with van der Waals surface area (Å²) in [5.41, 5.74) is 0.0247. The molecular formula is C38H44N2O7Si. The molecule has 0 saturated carbocycles. The maximum Gasteiger partial charge on any atom is 0.341 e. The van der Waals surface area contributed by atoms with Crippen molar-refractivity contribution >= 4 is 42.2 Å². The van der Waals surface area contributed by atoms with Gasteiger partial charge in [0.15, 0.2) is 5.78 Å². The molecule has 0 fully saturated rings. The molecule has 9 nitrogen and oxygen atoms in total. The minimum Gasteiger partial charge on any atom is -0.465 e. The summed E-state index contributed by atoms with van der Waals surface area (Å²) >= 11 is 0. The van der Waals surface area contributed by atoms with Crippen molar-refractivity contribution in [2.75, 3.05) is 13.7 Å². The Balaban J connectivity index is 1.64. The van der Waals surface area contributed by atoms with Crippen LogP contribution in [0, 0.1) is 13.8 Å². The summed E-state index contributed by atoms with van der Waals surface area (Å²) in [4.78, 5) is 55.6. The molecule has 0 atom stereocenters. The van der Waals surface area contributed by atoms with E-state index in [1.165, 1.54) is 7.11 Å². The number of rotatable bonds is 8. The lowest BCUT2D eigenvalue weighted by Gasteiger charge is -2.43. The number of carbonyl (C=O) groups is 4. The fourth-order valence-electron chi connectivity index (χ4n) is 6.98. The molecule has 0 bridgehead atoms. The van der Waals surface area contributed by atoms with Gasteiger partial charge in [0.1, 0.15) is 17.0 Å². The topological polar surface area (TPSA) is 106 Å². The molecular weight excluding hydrogens is 625 g/mol. The average Bonchev–Trinajstić information content (AvgIpc) is 3.47. The maximum atomic E-state index is 14.5. The molecule has 10 heteroatoms. The molecule has 0 N–H and O–H groups in total. The Morgan fingerprint density at radius 2 is 1.23 bits per heavy atom. The van der Waals surface area contributed by atoms with Crippen LogP contribution in [0.1, 0.15) is 106 Å². The van der Waals surface area contributed by atoms with Gasteiger partial charge in [-0.15, -0.1) is 0 Å². The molecule has 2 aromatic heterocycles. The number of hydrogen-bond acceptors (Lipinski definition) is 7. The predicted octanol–water partition coefficient (Wildman–Crippen LogP) is 5.54. The summed E-state index contributed by atoms with van der Waals surface area (Å²) in [6.45, 7) is 15.5. The van der Waals surface area contributed by atoms with Gasteiger partial charge in [0, 0.05) is 25.0 Å². The molecule has 1 aliphatic carbocycles. The van der Waals surface area contributed by atoms with Gasteiger partial charge >= 0.3 is 11.9 Å². The van der Waals surface area contributed by atoms with Crippen molar-refractivity contribution in [3.63, 3.8) is 0 Å². The van der Waals surface area contributed by atoms with Gasteiger partial charge in [-0.05, 0) is 50.0 Å². The van der Waals surface area contributed by atoms with Crippen LogP contribution in [0.5, 0.6) is 0 Å². The molecule has 48 heavy (non-hydrogen) atoms. The van der Waals surface area contributed by atoms with Gasteiger partial charge in [0.25, 0.3) is 8.32 Å². The van der Waals surface area contributed by atoms with Crippen LogP contribution in [0.15, 0.2) is 60.7 Å². The Kier molecular flexibility index (Phi) is 9.05. The Morgan fingerprint density at radius 3 is 1.71 bits per heavy atom. The van der Waals surface area contributed by atoms with E-state index in [-0.39, 0.29) is 51.8 Å². The van der Waals surface area contributed by atoms with Crippen LogP contribution in [0.2, 0.25) is 5.04 Å². The van der Waals surface area contributed by atoms with E-state index in [4.69, 9.17) is 13.9 Å². The second-order valence-electron chi connectivity index (χ2n) is 14.2. The van der Waals surface area contributed by atoms with Gasteiger partial charge in [-0.25, -0.2) is 9.59 Å². The monoisotopic (exact) mass is 668 g/mol. The second-order valence-corrected chi connectivity index (χ2v) is 18.5. The first-order valence-corrected chi connectivity index (χ1v) is 18.0. The summed E-state index contributed by atoms with van der Waals surface area (Å²) in [7, 11) is -0.0463. The highest BCUT2D eigenvalue weighted by Gasteiger charge is 2.50. The number of carbonyl (C=O) groups excluding carboxylic acids is 4. The summed E-state index contributed by atoms with van der Waals surface area (Å²) in [5.74, 6) is -2.52. The molecule has 4 aromatic rings. The fourth-order valence-corrected chi connectivity index (χ4v) is 11.5. The number of ketones is 2. The standard InChI is InChI=1S/C38H44N2O7Si/c1-23-27(36(44)47-37(3,4)5)29-31(39(23)9)34(42)32-30(33(29)41)28(35(43)45-10)24(2)40(32)21-22-46-48(38(6,7)8,25-17-13-11-14-18-25)26-19-15-12-16-20-26/h11-20H,21-22H2,1-10H3. The van der Waals surface area contributed by atoms with Crippen molar-refractivity contribution in [2.45, 2.75) is 72.6 Å². The number of benzene rings is 2. The molecule has 2 aromatic carbocycles. The van der Waals surface area contributed by atoms with E-state index < -0.39 is 37.4 Å². The van der Waals surface area contributed by atoms with Crippen molar-refractivity contribution < 1.29 is 33.1 Å². The van der Waals surface area contributed by atoms with Gasteiger partial charge in [-0.2, -0.15) is 0 Å². The van der Waals surface area contributed by atoms with Crippen LogP contribution >= 0.6 is 0 Å². The normalized spacial score (nSPS) is 13.3. The first-order chi connectivity index (χ1) is 22.5. The highest BCUT2D eigenvalue weighted by atomic mass is 28.4. The van der Waals surface area contributed by atoms with Crippen LogP contribution in [-0.2, 0) is 27.5 Å². The molecule has 0 unspecified atom stereocenters. The Morgan fingerprint density at radius 1 is 0.729 bits per heavy atom. The summed E-state index contributed by atoms with van der Waals surface area (Å²) in [6.07, 6.45) is 0. The summed E-state index contributed by atoms with van der Waals surface area (Å²) in [5, 5.41) is 1.93. The quantitative estimate of drug-likeness (QED) is 0.158. The van der Waals surface area contributed by atoms with Crippen molar-refractivity contribution in [3.05, 3.63) is 106 Å². The molecule has 0 spiro atoms. The van der Waals surface area contributed by atoms with Crippen molar-refractivity contribution in [2.24, 2.45) is 7.05 Å². The first-order valence-electron chi connectivity index (χ1n) is 16.1. The number of methoxy groups -OCH3 is 1. The number of nitrogens with zero attached hydrogens (tertiary/aromatic N) is 2. The first kappa shape index (κ1) is 34.8. The van der Waals surface area contributed by atoms with Crippen LogP contribution in [-0.4, -0.2) is 60.3 Å². The smallest absolute Gasteiger partial charge is 0.341 e. The Bertz CT molecular complexity index is 1880. The third-order valence-electron chi connectivity index (χ3n) is 9.14. The van der Waals surface area contributed by atoms with E-state index >= 15 is 0 Å². The summed E-state index contributed by atoms with van der Waals surface area (Å²) < 4.78 is 21.1. The number of esters is 2. The van der Waals surface area contributed by atoms with Crippen LogP contribution in [0.25, 0.3) is 0 Å². The lowest BCUT2D eigenvalue weighted by atomic mass is 9.88. The van der Waals surface area contributed by atoms with Crippen molar-refractivity contribution in [1.82, 2.24) is 9.13 Å². The molecule has 0 amide bonds. The molecule has 2 heterocycles. The zero-order chi connectivity index (χ0) is 35.3. The fraction of sp³-hybridized carbons (Fsp3) is 0.368. The molecule has 0 radical (unpaired) electrons. The maximum absolute atomic E-state index is 14.5. The van der Waals surface area contributed by atoms with E-state index in [2.05, 4.69) is 45.0 Å². The second kappa shape index (κ2) is 12.5. The van der Waals surface area contributed by atoms with Gasteiger partial charge in [-0.1, -0.05) is 81.4 Å². The highest BCUT2D eigenvalue weighted by Crippen LogP contribution is 2.39. The van der Waals surface area contributed by atoms with Gasteiger partial charge in [0.05, 0.1) is 36.0 Å². The van der Waals surface area contributed by atoms with Crippen LogP contribution in [0.3, 0.4) is 0 Å².